The van der Waals surface area contributed by atoms with Crippen LogP contribution in [0.15, 0.2) is 41.4 Å². The van der Waals surface area contributed by atoms with E-state index in [1.54, 1.807) is 11.8 Å². The maximum absolute atomic E-state index is 9.37. The molecule has 3 rings (SSSR count). The van der Waals surface area contributed by atoms with Crippen molar-refractivity contribution in [2.75, 3.05) is 25.6 Å². The van der Waals surface area contributed by atoms with Crippen molar-refractivity contribution in [2.24, 2.45) is 5.41 Å². The topological polar surface area (TPSA) is 42.4 Å². The molecule has 1 saturated heterocycles. The highest BCUT2D eigenvalue weighted by atomic mass is 32.2. The van der Waals surface area contributed by atoms with Crippen LogP contribution in [0.4, 0.5) is 0 Å². The Morgan fingerprint density at radius 1 is 1.22 bits per heavy atom. The number of nitrogens with zero attached hydrogens (tertiary/aromatic N) is 1. The third-order valence-corrected chi connectivity index (χ3v) is 4.53. The zero-order valence-corrected chi connectivity index (χ0v) is 10.8. The molecule has 2 heterocycles. The molecule has 0 unspecified atom stereocenters. The number of aliphatic hydroxyl groups is 1. The van der Waals surface area contributed by atoms with Gasteiger partial charge in [-0.25, -0.2) is 4.98 Å². The van der Waals surface area contributed by atoms with E-state index in [4.69, 9.17) is 4.74 Å². The quantitative estimate of drug-likeness (QED) is 0.858. The Morgan fingerprint density at radius 2 is 2.06 bits per heavy atom. The van der Waals surface area contributed by atoms with Crippen molar-refractivity contribution < 1.29 is 9.84 Å². The molecular weight excluding hydrogens is 246 g/mol. The Labute approximate surface area is 110 Å². The third kappa shape index (κ3) is 2.23. The van der Waals surface area contributed by atoms with E-state index in [1.165, 1.54) is 0 Å². The number of fused-ring (bicyclic) bond motifs is 1. The van der Waals surface area contributed by atoms with Gasteiger partial charge in [-0.3, -0.25) is 0 Å². The molecule has 0 radical (unpaired) electrons. The number of rotatable bonds is 4. The van der Waals surface area contributed by atoms with Crippen molar-refractivity contribution in [1.82, 2.24) is 4.98 Å². The van der Waals surface area contributed by atoms with Gasteiger partial charge in [0.05, 0.1) is 30.4 Å². The van der Waals surface area contributed by atoms with Crippen LogP contribution >= 0.6 is 11.8 Å². The number of ether oxygens (including phenoxy) is 1. The molecule has 1 N–H and O–H groups in total. The van der Waals surface area contributed by atoms with Crippen molar-refractivity contribution in [3.05, 3.63) is 36.4 Å². The molecule has 1 fully saturated rings. The molecule has 2 aromatic rings. The number of pyridine rings is 1. The molecule has 0 saturated carbocycles. The molecular formula is C14H15NO2S. The van der Waals surface area contributed by atoms with Gasteiger partial charge in [-0.1, -0.05) is 24.3 Å². The van der Waals surface area contributed by atoms with Crippen molar-refractivity contribution >= 4 is 22.7 Å². The highest BCUT2D eigenvalue weighted by Crippen LogP contribution is 2.33. The summed E-state index contributed by atoms with van der Waals surface area (Å²) in [5.41, 5.74) is 0.961. The molecule has 0 atom stereocenters. The Morgan fingerprint density at radius 3 is 2.78 bits per heavy atom. The van der Waals surface area contributed by atoms with Crippen molar-refractivity contribution in [2.45, 2.75) is 5.03 Å². The monoisotopic (exact) mass is 261 g/mol. The number of aliphatic hydroxyl groups excluding tert-OH is 1. The summed E-state index contributed by atoms with van der Waals surface area (Å²) in [5.74, 6) is 0.856. The molecule has 1 aliphatic heterocycles. The minimum atomic E-state index is -0.0575. The first kappa shape index (κ1) is 12.0. The van der Waals surface area contributed by atoms with Crippen molar-refractivity contribution in [1.29, 1.82) is 0 Å². The van der Waals surface area contributed by atoms with Gasteiger partial charge in [-0.15, -0.1) is 11.8 Å². The SMILES string of the molecule is OCC1(CSc2ccc3ccccc3n2)COC1. The summed E-state index contributed by atoms with van der Waals surface area (Å²) in [6.07, 6.45) is 0. The summed E-state index contributed by atoms with van der Waals surface area (Å²) in [7, 11) is 0. The molecule has 0 amide bonds. The van der Waals surface area contributed by atoms with Gasteiger partial charge in [0, 0.05) is 16.6 Å². The molecule has 3 nitrogen and oxygen atoms in total. The smallest absolute Gasteiger partial charge is 0.0967 e. The lowest BCUT2D eigenvalue weighted by Crippen LogP contribution is -2.47. The molecule has 18 heavy (non-hydrogen) atoms. The van der Waals surface area contributed by atoms with Gasteiger partial charge in [0.15, 0.2) is 0 Å². The number of aromatic nitrogens is 1. The molecule has 0 aliphatic carbocycles. The molecule has 4 heteroatoms. The van der Waals surface area contributed by atoms with Gasteiger partial charge in [0.1, 0.15) is 0 Å². The van der Waals surface area contributed by atoms with E-state index in [2.05, 4.69) is 17.1 Å². The lowest BCUT2D eigenvalue weighted by atomic mass is 9.90. The third-order valence-electron chi connectivity index (χ3n) is 3.25. The lowest BCUT2D eigenvalue weighted by Gasteiger charge is -2.39. The predicted molar refractivity (Wildman–Crippen MR) is 72.8 cm³/mol. The number of hydrogen-bond donors (Lipinski definition) is 1. The Balaban J connectivity index is 1.74. The molecule has 0 spiro atoms. The fraction of sp³-hybridized carbons (Fsp3) is 0.357. The molecule has 1 aliphatic rings. The Bertz CT molecular complexity index is 549. The fourth-order valence-electron chi connectivity index (χ4n) is 1.97. The van der Waals surface area contributed by atoms with Crippen LogP contribution in [0, 0.1) is 5.41 Å². The Kier molecular flexibility index (Phi) is 3.24. The van der Waals surface area contributed by atoms with Crippen LogP contribution < -0.4 is 0 Å². The normalized spacial score (nSPS) is 17.6. The van der Waals surface area contributed by atoms with Crippen molar-refractivity contribution in [3.8, 4) is 0 Å². The summed E-state index contributed by atoms with van der Waals surface area (Å²) in [4.78, 5) is 4.61. The fourth-order valence-corrected chi connectivity index (χ4v) is 3.00. The minimum absolute atomic E-state index is 0.0575. The van der Waals surface area contributed by atoms with E-state index < -0.39 is 0 Å². The molecule has 94 valence electrons. The molecule has 0 bridgehead atoms. The summed E-state index contributed by atoms with van der Waals surface area (Å²) < 4.78 is 5.19. The van der Waals surface area contributed by atoms with Crippen LogP contribution in [0.1, 0.15) is 0 Å². The number of para-hydroxylation sites is 1. The second-order valence-electron chi connectivity index (χ2n) is 4.78. The molecule has 1 aromatic heterocycles. The number of thioether (sulfide) groups is 1. The van der Waals surface area contributed by atoms with E-state index in [1.807, 2.05) is 24.3 Å². The maximum atomic E-state index is 9.37. The Hall–Kier alpha value is -1.10. The summed E-state index contributed by atoms with van der Waals surface area (Å²) in [5, 5.41) is 11.5. The van der Waals surface area contributed by atoms with Crippen LogP contribution in [0.25, 0.3) is 10.9 Å². The van der Waals surface area contributed by atoms with Gasteiger partial charge in [-0.2, -0.15) is 0 Å². The van der Waals surface area contributed by atoms with E-state index in [0.29, 0.717) is 13.2 Å². The summed E-state index contributed by atoms with van der Waals surface area (Å²) in [6, 6.07) is 12.2. The van der Waals surface area contributed by atoms with Gasteiger partial charge in [-0.05, 0) is 12.1 Å². The lowest BCUT2D eigenvalue weighted by molar-refractivity contribution is -0.121. The predicted octanol–water partition coefficient (Wildman–Crippen LogP) is 2.34. The zero-order valence-electron chi connectivity index (χ0n) is 10.0. The molecule has 1 aromatic carbocycles. The number of hydrogen-bond acceptors (Lipinski definition) is 4. The first-order valence-electron chi connectivity index (χ1n) is 5.99. The average molecular weight is 261 g/mol. The standard InChI is InChI=1S/C14H15NO2S/c16-7-14(8-17-9-14)10-18-13-6-5-11-3-1-2-4-12(11)15-13/h1-6,16H,7-10H2. The first-order valence-corrected chi connectivity index (χ1v) is 6.97. The maximum Gasteiger partial charge on any atom is 0.0967 e. The second-order valence-corrected chi connectivity index (χ2v) is 5.78. The van der Waals surface area contributed by atoms with E-state index in [9.17, 15) is 5.11 Å². The van der Waals surface area contributed by atoms with Crippen LogP contribution in [0.3, 0.4) is 0 Å². The highest BCUT2D eigenvalue weighted by molar-refractivity contribution is 7.99. The summed E-state index contributed by atoms with van der Waals surface area (Å²) in [6.45, 7) is 1.50. The van der Waals surface area contributed by atoms with Crippen LogP contribution in [-0.4, -0.2) is 35.7 Å². The van der Waals surface area contributed by atoms with E-state index >= 15 is 0 Å². The highest BCUT2D eigenvalue weighted by Gasteiger charge is 2.38. The van der Waals surface area contributed by atoms with Crippen molar-refractivity contribution in [3.63, 3.8) is 0 Å². The average Bonchev–Trinajstić information content (AvgIpc) is 2.38. The van der Waals surface area contributed by atoms with Crippen LogP contribution in [0.2, 0.25) is 0 Å². The van der Waals surface area contributed by atoms with Crippen LogP contribution in [0.5, 0.6) is 0 Å². The largest absolute Gasteiger partial charge is 0.396 e. The van der Waals surface area contributed by atoms with E-state index in [0.717, 1.165) is 21.7 Å². The first-order chi connectivity index (χ1) is 8.81. The second kappa shape index (κ2) is 4.88. The van der Waals surface area contributed by atoms with Gasteiger partial charge < -0.3 is 9.84 Å². The number of benzene rings is 1. The zero-order chi connectivity index (χ0) is 12.4. The van der Waals surface area contributed by atoms with Gasteiger partial charge in [0.2, 0.25) is 0 Å². The van der Waals surface area contributed by atoms with E-state index in [-0.39, 0.29) is 12.0 Å². The summed E-state index contributed by atoms with van der Waals surface area (Å²) >= 11 is 1.69. The minimum Gasteiger partial charge on any atom is -0.396 e. The van der Waals surface area contributed by atoms with Gasteiger partial charge in [0.25, 0.3) is 0 Å². The van der Waals surface area contributed by atoms with Crippen LogP contribution in [-0.2, 0) is 4.74 Å². The van der Waals surface area contributed by atoms with Gasteiger partial charge >= 0.3 is 0 Å².